The Hall–Kier alpha value is -3.71. The van der Waals surface area contributed by atoms with Crippen LogP contribution in [0.4, 0.5) is 10.2 Å². The van der Waals surface area contributed by atoms with Gasteiger partial charge in [-0.2, -0.15) is 0 Å². The molecule has 0 saturated heterocycles. The van der Waals surface area contributed by atoms with Gasteiger partial charge < -0.3 is 16.4 Å². The monoisotopic (exact) mass is 403 g/mol. The second kappa shape index (κ2) is 8.75. The number of nitrogens with zero attached hydrogens (tertiary/aromatic N) is 2. The number of carbonyl (C=O) groups excluding carboxylic acids is 1. The van der Waals surface area contributed by atoms with Crippen molar-refractivity contribution in [2.75, 3.05) is 18.4 Å². The number of carbonyl (C=O) groups is 1. The van der Waals surface area contributed by atoms with Gasteiger partial charge in [-0.25, -0.2) is 9.37 Å². The van der Waals surface area contributed by atoms with Crippen LogP contribution in [0.5, 0.6) is 0 Å². The average molecular weight is 403 g/mol. The summed E-state index contributed by atoms with van der Waals surface area (Å²) in [5.41, 5.74) is 9.16. The molecule has 0 unspecified atom stereocenters. The predicted molar refractivity (Wildman–Crippen MR) is 116 cm³/mol. The van der Waals surface area contributed by atoms with E-state index >= 15 is 0 Å². The maximum Gasteiger partial charge on any atom is 0.251 e. The lowest BCUT2D eigenvalue weighted by Crippen LogP contribution is -2.29. The quantitative estimate of drug-likeness (QED) is 0.441. The number of amides is 1. The molecule has 0 aliphatic rings. The van der Waals surface area contributed by atoms with E-state index in [1.54, 1.807) is 30.5 Å². The maximum absolute atomic E-state index is 13.4. The fourth-order valence-electron chi connectivity index (χ4n) is 3.23. The number of hydrogen-bond donors (Lipinski definition) is 3. The van der Waals surface area contributed by atoms with Gasteiger partial charge >= 0.3 is 0 Å². The lowest BCUT2D eigenvalue weighted by Gasteiger charge is -2.10. The molecule has 0 spiro atoms. The van der Waals surface area contributed by atoms with E-state index in [9.17, 15) is 9.18 Å². The van der Waals surface area contributed by atoms with E-state index in [1.165, 1.54) is 12.1 Å². The summed E-state index contributed by atoms with van der Waals surface area (Å²) in [6.45, 7) is 1.38. The number of halogens is 1. The predicted octanol–water partition coefficient (Wildman–Crippen LogP) is 3.44. The Bertz CT molecular complexity index is 1160. The summed E-state index contributed by atoms with van der Waals surface area (Å²) in [4.78, 5) is 17.0. The second-order valence-corrected chi connectivity index (χ2v) is 6.84. The number of fused-ring (bicyclic) bond motifs is 1. The zero-order chi connectivity index (χ0) is 20.9. The van der Waals surface area contributed by atoms with Gasteiger partial charge in [0, 0.05) is 37.0 Å². The molecule has 0 atom stereocenters. The van der Waals surface area contributed by atoms with Gasteiger partial charge in [-0.15, -0.1) is 0 Å². The highest BCUT2D eigenvalue weighted by atomic mass is 19.1. The van der Waals surface area contributed by atoms with E-state index in [4.69, 9.17) is 10.7 Å². The van der Waals surface area contributed by atoms with E-state index in [0.717, 1.165) is 16.9 Å². The van der Waals surface area contributed by atoms with Crippen molar-refractivity contribution in [2.45, 2.75) is 6.54 Å². The van der Waals surface area contributed by atoms with Crippen molar-refractivity contribution in [1.82, 2.24) is 14.7 Å². The largest absolute Gasteiger partial charge is 0.365 e. The number of benzene rings is 2. The minimum Gasteiger partial charge on any atom is -0.365 e. The van der Waals surface area contributed by atoms with Crippen molar-refractivity contribution in [1.29, 1.82) is 0 Å². The third-order valence-corrected chi connectivity index (χ3v) is 4.74. The molecular weight excluding hydrogens is 381 g/mol. The number of imidazole rings is 1. The van der Waals surface area contributed by atoms with Gasteiger partial charge in [0.2, 0.25) is 0 Å². The van der Waals surface area contributed by atoms with Gasteiger partial charge in [-0.3, -0.25) is 9.20 Å². The van der Waals surface area contributed by atoms with E-state index < -0.39 is 0 Å². The highest BCUT2D eigenvalue weighted by molar-refractivity contribution is 5.95. The first-order chi connectivity index (χ1) is 14.7. The highest BCUT2D eigenvalue weighted by Gasteiger charge is 2.16. The summed E-state index contributed by atoms with van der Waals surface area (Å²) >= 11 is 0. The molecule has 0 aliphatic carbocycles. The third-order valence-electron chi connectivity index (χ3n) is 4.74. The van der Waals surface area contributed by atoms with Crippen molar-refractivity contribution in [3.05, 3.63) is 89.9 Å². The molecule has 2 aromatic carbocycles. The smallest absolute Gasteiger partial charge is 0.251 e. The van der Waals surface area contributed by atoms with Crippen LogP contribution >= 0.6 is 0 Å². The van der Waals surface area contributed by atoms with Crippen LogP contribution in [0.1, 0.15) is 15.9 Å². The summed E-state index contributed by atoms with van der Waals surface area (Å²) in [7, 11) is 0. The van der Waals surface area contributed by atoms with Crippen molar-refractivity contribution in [3.63, 3.8) is 0 Å². The van der Waals surface area contributed by atoms with E-state index in [0.29, 0.717) is 36.5 Å². The van der Waals surface area contributed by atoms with Gasteiger partial charge in [-0.05, 0) is 42.0 Å². The average Bonchev–Trinajstić information content (AvgIpc) is 3.15. The maximum atomic E-state index is 13.4. The number of nitrogens with one attached hydrogen (secondary N) is 2. The lowest BCUT2D eigenvalue weighted by atomic mass is 10.1. The number of rotatable bonds is 7. The first kappa shape index (κ1) is 19.6. The van der Waals surface area contributed by atoms with Gasteiger partial charge in [-0.1, -0.05) is 30.3 Å². The molecule has 0 fully saturated rings. The van der Waals surface area contributed by atoms with Gasteiger partial charge in [0.15, 0.2) is 0 Å². The summed E-state index contributed by atoms with van der Waals surface area (Å²) in [5, 5.41) is 6.20. The molecule has 0 aliphatic heterocycles. The fourth-order valence-corrected chi connectivity index (χ4v) is 3.23. The summed E-state index contributed by atoms with van der Waals surface area (Å²) in [5.74, 6) is 0.266. The zero-order valence-electron chi connectivity index (χ0n) is 16.3. The molecule has 0 saturated carbocycles. The summed E-state index contributed by atoms with van der Waals surface area (Å²) < 4.78 is 15.3. The molecule has 30 heavy (non-hydrogen) atoms. The number of anilines is 1. The third kappa shape index (κ3) is 4.16. The van der Waals surface area contributed by atoms with Crippen LogP contribution in [-0.4, -0.2) is 28.4 Å². The van der Waals surface area contributed by atoms with E-state index in [1.807, 2.05) is 34.7 Å². The van der Waals surface area contributed by atoms with Crippen LogP contribution in [0, 0.1) is 5.82 Å². The Balaban J connectivity index is 1.74. The van der Waals surface area contributed by atoms with Crippen LogP contribution in [0.3, 0.4) is 0 Å². The van der Waals surface area contributed by atoms with Crippen molar-refractivity contribution >= 4 is 17.4 Å². The Kier molecular flexibility index (Phi) is 5.72. The number of pyridine rings is 1. The minimum atomic E-state index is -0.305. The molecule has 7 heteroatoms. The molecule has 2 heterocycles. The zero-order valence-corrected chi connectivity index (χ0v) is 16.3. The molecule has 1 amide bonds. The Morgan fingerprint density at radius 1 is 1.07 bits per heavy atom. The van der Waals surface area contributed by atoms with Crippen molar-refractivity contribution in [3.8, 4) is 11.3 Å². The molecule has 6 nitrogen and oxygen atoms in total. The van der Waals surface area contributed by atoms with E-state index in [2.05, 4.69) is 10.6 Å². The number of aromatic nitrogens is 2. The highest BCUT2D eigenvalue weighted by Crippen LogP contribution is 2.29. The topological polar surface area (TPSA) is 84.5 Å². The van der Waals surface area contributed by atoms with Crippen LogP contribution in [0.25, 0.3) is 16.9 Å². The molecule has 4 rings (SSSR count). The molecule has 4 N–H and O–H groups in total. The SMILES string of the molecule is NCCNC(=O)c1ccn2c(NCc3ccccc3)c(-c3ccc(F)cc3)nc2c1. The second-order valence-electron chi connectivity index (χ2n) is 6.84. The number of hydrogen-bond acceptors (Lipinski definition) is 4. The molecular formula is C23H22FN5O. The van der Waals surface area contributed by atoms with Crippen molar-refractivity contribution in [2.24, 2.45) is 5.73 Å². The first-order valence-electron chi connectivity index (χ1n) is 9.70. The Morgan fingerprint density at radius 2 is 1.83 bits per heavy atom. The Labute approximate surface area is 173 Å². The van der Waals surface area contributed by atoms with Crippen molar-refractivity contribution < 1.29 is 9.18 Å². The fraction of sp³-hybridized carbons (Fsp3) is 0.130. The van der Waals surface area contributed by atoms with Gasteiger partial charge in [0.25, 0.3) is 5.91 Å². The molecule has 2 aromatic heterocycles. The lowest BCUT2D eigenvalue weighted by molar-refractivity contribution is 0.0954. The van der Waals surface area contributed by atoms with Crippen LogP contribution in [0.2, 0.25) is 0 Å². The standard InChI is InChI=1S/C23H22FN5O/c24-19-8-6-17(7-9-19)21-22(27-15-16-4-2-1-3-5-16)29-13-10-18(14-20(29)28-21)23(30)26-12-11-25/h1-10,13-14,27H,11-12,15,25H2,(H,26,30). The molecule has 0 radical (unpaired) electrons. The molecule has 0 bridgehead atoms. The van der Waals surface area contributed by atoms with Crippen LogP contribution < -0.4 is 16.4 Å². The van der Waals surface area contributed by atoms with Gasteiger partial charge in [0.1, 0.15) is 23.0 Å². The summed E-state index contributed by atoms with van der Waals surface area (Å²) in [6, 6.07) is 19.7. The van der Waals surface area contributed by atoms with E-state index in [-0.39, 0.29) is 11.7 Å². The Morgan fingerprint density at radius 3 is 2.57 bits per heavy atom. The van der Waals surface area contributed by atoms with Crippen LogP contribution in [-0.2, 0) is 6.54 Å². The summed E-state index contributed by atoms with van der Waals surface area (Å²) in [6.07, 6.45) is 1.81. The molecule has 4 aromatic rings. The number of nitrogens with two attached hydrogens (primary N) is 1. The molecule has 152 valence electrons. The normalized spacial score (nSPS) is 10.9. The van der Waals surface area contributed by atoms with Gasteiger partial charge in [0.05, 0.1) is 0 Å². The van der Waals surface area contributed by atoms with Crippen LogP contribution in [0.15, 0.2) is 72.9 Å². The first-order valence-corrected chi connectivity index (χ1v) is 9.70. The minimum absolute atomic E-state index is 0.201.